The number of esters is 1. The van der Waals surface area contributed by atoms with E-state index in [9.17, 15) is 4.79 Å². The lowest BCUT2D eigenvalue weighted by Crippen LogP contribution is -2.07. The van der Waals surface area contributed by atoms with Crippen molar-refractivity contribution in [3.8, 4) is 5.75 Å². The van der Waals surface area contributed by atoms with Gasteiger partial charge in [0.05, 0.1) is 13.4 Å². The van der Waals surface area contributed by atoms with Gasteiger partial charge in [-0.3, -0.25) is 0 Å². The van der Waals surface area contributed by atoms with Crippen LogP contribution in [0.4, 0.5) is 0 Å². The van der Waals surface area contributed by atoms with Gasteiger partial charge in [-0.05, 0) is 44.2 Å². The lowest BCUT2D eigenvalue weighted by atomic mass is 9.95. The monoisotopic (exact) mass is 338 g/mol. The van der Waals surface area contributed by atoms with Crippen LogP contribution in [0.25, 0.3) is 21.7 Å². The highest BCUT2D eigenvalue weighted by atomic mass is 16.5. The Kier molecular flexibility index (Phi) is 4.53. The van der Waals surface area contributed by atoms with Crippen molar-refractivity contribution < 1.29 is 18.7 Å². The van der Waals surface area contributed by atoms with Gasteiger partial charge in [0.2, 0.25) is 0 Å². The van der Waals surface area contributed by atoms with Gasteiger partial charge >= 0.3 is 5.97 Å². The lowest BCUT2D eigenvalue weighted by Gasteiger charge is -2.15. The predicted molar refractivity (Wildman–Crippen MR) is 99.0 cm³/mol. The molecule has 0 radical (unpaired) electrons. The number of furan rings is 1. The molecular formula is C21H22O4. The van der Waals surface area contributed by atoms with E-state index in [1.165, 1.54) is 0 Å². The molecule has 0 unspecified atom stereocenters. The fraction of sp³-hybridized carbons (Fsp3) is 0.286. The first kappa shape index (κ1) is 17.1. The summed E-state index contributed by atoms with van der Waals surface area (Å²) in [5.41, 5.74) is 4.33. The van der Waals surface area contributed by atoms with Crippen LogP contribution < -0.4 is 4.74 Å². The van der Waals surface area contributed by atoms with Gasteiger partial charge in [-0.25, -0.2) is 4.79 Å². The minimum Gasteiger partial charge on any atom is -0.492 e. The second-order valence-electron chi connectivity index (χ2n) is 6.18. The van der Waals surface area contributed by atoms with E-state index in [4.69, 9.17) is 13.9 Å². The summed E-state index contributed by atoms with van der Waals surface area (Å²) in [5, 5.41) is 2.95. The largest absolute Gasteiger partial charge is 0.492 e. The third-order valence-corrected chi connectivity index (χ3v) is 4.61. The molecule has 0 atom stereocenters. The van der Waals surface area contributed by atoms with Crippen molar-refractivity contribution in [3.63, 3.8) is 0 Å². The first-order chi connectivity index (χ1) is 12.0. The molecule has 0 aliphatic carbocycles. The molecule has 0 bridgehead atoms. The van der Waals surface area contributed by atoms with Crippen LogP contribution in [0.3, 0.4) is 0 Å². The van der Waals surface area contributed by atoms with E-state index in [0.29, 0.717) is 16.9 Å². The zero-order valence-corrected chi connectivity index (χ0v) is 15.2. The molecule has 25 heavy (non-hydrogen) atoms. The maximum absolute atomic E-state index is 12.1. The Hall–Kier alpha value is -2.75. The van der Waals surface area contributed by atoms with Gasteiger partial charge in [0, 0.05) is 21.9 Å². The highest BCUT2D eigenvalue weighted by Gasteiger charge is 2.21. The van der Waals surface area contributed by atoms with Crippen molar-refractivity contribution in [2.45, 2.75) is 34.3 Å². The van der Waals surface area contributed by atoms with E-state index in [1.807, 2.05) is 39.0 Å². The van der Waals surface area contributed by atoms with Crippen molar-refractivity contribution in [1.29, 1.82) is 0 Å². The normalized spacial score (nSPS) is 12.0. The van der Waals surface area contributed by atoms with Crippen LogP contribution >= 0.6 is 0 Å². The molecule has 1 aromatic heterocycles. The fourth-order valence-electron chi connectivity index (χ4n) is 3.21. The highest BCUT2D eigenvalue weighted by Crippen LogP contribution is 2.42. The van der Waals surface area contributed by atoms with E-state index in [-0.39, 0.29) is 12.6 Å². The van der Waals surface area contributed by atoms with E-state index >= 15 is 0 Å². The van der Waals surface area contributed by atoms with E-state index in [2.05, 4.69) is 0 Å². The van der Waals surface area contributed by atoms with Gasteiger partial charge in [0.1, 0.15) is 6.61 Å². The number of hydrogen-bond acceptors (Lipinski definition) is 4. The molecule has 0 amide bonds. The Morgan fingerprint density at radius 1 is 1.20 bits per heavy atom. The second-order valence-corrected chi connectivity index (χ2v) is 6.18. The summed E-state index contributed by atoms with van der Waals surface area (Å²) in [4.78, 5) is 12.1. The summed E-state index contributed by atoms with van der Waals surface area (Å²) < 4.78 is 17.0. The summed E-state index contributed by atoms with van der Waals surface area (Å²) in [6.07, 6.45) is 3.46. The molecule has 0 aliphatic heterocycles. The molecule has 1 heterocycles. The molecule has 0 fully saturated rings. The minimum absolute atomic E-state index is 0.187. The minimum atomic E-state index is -0.311. The zero-order chi connectivity index (χ0) is 18.1. The number of benzene rings is 2. The average molecular weight is 338 g/mol. The summed E-state index contributed by atoms with van der Waals surface area (Å²) in [6, 6.07) is 6.04. The second kappa shape index (κ2) is 6.63. The van der Waals surface area contributed by atoms with Crippen LogP contribution in [-0.2, 0) is 16.1 Å². The number of ether oxygens (including phenoxy) is 2. The first-order valence-corrected chi connectivity index (χ1v) is 8.25. The average Bonchev–Trinajstić information content (AvgIpc) is 2.99. The van der Waals surface area contributed by atoms with Gasteiger partial charge in [-0.15, -0.1) is 0 Å². The third kappa shape index (κ3) is 2.78. The number of allylic oxidation sites excluding steroid dienone is 1. The number of fused-ring (bicyclic) bond motifs is 2. The number of hydrogen-bond donors (Lipinski definition) is 0. The van der Waals surface area contributed by atoms with Gasteiger partial charge in [0.15, 0.2) is 11.3 Å². The van der Waals surface area contributed by atoms with Crippen molar-refractivity contribution in [2.24, 2.45) is 0 Å². The van der Waals surface area contributed by atoms with E-state index in [0.717, 1.165) is 32.8 Å². The van der Waals surface area contributed by atoms with Gasteiger partial charge in [-0.1, -0.05) is 24.3 Å². The smallest absolute Gasteiger partial charge is 0.333 e. The number of carbonyl (C=O) groups is 1. The molecule has 0 saturated heterocycles. The molecule has 0 N–H and O–H groups in total. The Morgan fingerprint density at radius 3 is 2.64 bits per heavy atom. The van der Waals surface area contributed by atoms with E-state index in [1.54, 1.807) is 26.4 Å². The molecule has 3 aromatic rings. The number of methoxy groups -OCH3 is 1. The predicted octanol–water partition coefficient (Wildman–Crippen LogP) is 5.22. The molecule has 130 valence electrons. The maximum Gasteiger partial charge on any atom is 0.333 e. The van der Waals surface area contributed by atoms with Crippen molar-refractivity contribution in [1.82, 2.24) is 0 Å². The molecule has 0 spiro atoms. The summed E-state index contributed by atoms with van der Waals surface area (Å²) >= 11 is 0. The fourth-order valence-corrected chi connectivity index (χ4v) is 3.21. The van der Waals surface area contributed by atoms with Gasteiger partial charge < -0.3 is 13.9 Å². The topological polar surface area (TPSA) is 48.7 Å². The standard InChI is InChI=1S/C21H22O4/c1-6-12(2)21(22)25-11-16-17-13(3)8-7-9-15(17)19(23-5)20-18(16)14(4)10-24-20/h6-10H,11H2,1-5H3. The van der Waals surface area contributed by atoms with Crippen LogP contribution in [0, 0.1) is 13.8 Å². The number of carbonyl (C=O) groups excluding carboxylic acids is 1. The Labute approximate surface area is 147 Å². The SMILES string of the molecule is CC=C(C)C(=O)OCc1c2c(C)cccc2c(OC)c2occ(C)c12. The molecule has 2 aromatic carbocycles. The Bertz CT molecular complexity index is 992. The van der Waals surface area contributed by atoms with Crippen molar-refractivity contribution in [3.05, 3.63) is 52.8 Å². The zero-order valence-electron chi connectivity index (χ0n) is 15.2. The van der Waals surface area contributed by atoms with Crippen molar-refractivity contribution in [2.75, 3.05) is 7.11 Å². The number of aryl methyl sites for hydroxylation is 2. The highest BCUT2D eigenvalue weighted by molar-refractivity contribution is 6.08. The van der Waals surface area contributed by atoms with Gasteiger partial charge in [0.25, 0.3) is 0 Å². The van der Waals surface area contributed by atoms with E-state index < -0.39 is 0 Å². The Balaban J connectivity index is 2.27. The first-order valence-electron chi connectivity index (χ1n) is 8.25. The number of rotatable bonds is 4. The third-order valence-electron chi connectivity index (χ3n) is 4.61. The molecule has 0 aliphatic rings. The molecule has 0 saturated carbocycles. The summed E-state index contributed by atoms with van der Waals surface area (Å²) in [7, 11) is 1.64. The summed E-state index contributed by atoms with van der Waals surface area (Å²) in [5.74, 6) is 0.399. The quantitative estimate of drug-likeness (QED) is 0.483. The molecular weight excluding hydrogens is 316 g/mol. The molecule has 3 rings (SSSR count). The maximum atomic E-state index is 12.1. The van der Waals surface area contributed by atoms with Crippen LogP contribution in [0.1, 0.15) is 30.5 Å². The lowest BCUT2D eigenvalue weighted by molar-refractivity contribution is -0.140. The molecule has 4 nitrogen and oxygen atoms in total. The Morgan fingerprint density at radius 2 is 1.96 bits per heavy atom. The molecule has 4 heteroatoms. The summed E-state index contributed by atoms with van der Waals surface area (Å²) in [6.45, 7) is 7.79. The van der Waals surface area contributed by atoms with Crippen LogP contribution in [0.2, 0.25) is 0 Å². The van der Waals surface area contributed by atoms with Crippen LogP contribution in [0.15, 0.2) is 40.5 Å². The van der Waals surface area contributed by atoms with Crippen molar-refractivity contribution >= 4 is 27.7 Å². The van der Waals surface area contributed by atoms with Crippen LogP contribution in [-0.4, -0.2) is 13.1 Å². The van der Waals surface area contributed by atoms with Gasteiger partial charge in [-0.2, -0.15) is 0 Å². The van der Waals surface area contributed by atoms with Crippen LogP contribution in [0.5, 0.6) is 5.75 Å².